The maximum Gasteiger partial charge on any atom is 0.122 e. The van der Waals surface area contributed by atoms with Gasteiger partial charge in [-0.1, -0.05) is 18.2 Å². The number of benzene rings is 1. The summed E-state index contributed by atoms with van der Waals surface area (Å²) < 4.78 is 5.31. The van der Waals surface area contributed by atoms with Crippen molar-refractivity contribution < 1.29 is 4.74 Å². The van der Waals surface area contributed by atoms with E-state index in [9.17, 15) is 0 Å². The third-order valence-corrected chi connectivity index (χ3v) is 2.89. The second-order valence-electron chi connectivity index (χ2n) is 4.21. The fraction of sp³-hybridized carbons (Fsp3) is 0.538. The number of ether oxygens (including phenoxy) is 1. The minimum atomic E-state index is 0.961. The quantitative estimate of drug-likeness (QED) is 0.719. The lowest BCUT2D eigenvalue weighted by Gasteiger charge is -2.08. The monoisotopic (exact) mass is 205 g/mol. The first-order valence-electron chi connectivity index (χ1n) is 5.73. The van der Waals surface area contributed by atoms with Gasteiger partial charge in [0.15, 0.2) is 0 Å². The van der Waals surface area contributed by atoms with Crippen molar-refractivity contribution in [1.29, 1.82) is 0 Å². The van der Waals surface area contributed by atoms with E-state index in [0.29, 0.717) is 0 Å². The van der Waals surface area contributed by atoms with Crippen LogP contribution in [0.5, 0.6) is 5.75 Å². The lowest BCUT2D eigenvalue weighted by molar-refractivity contribution is 0.409. The number of para-hydroxylation sites is 1. The zero-order chi connectivity index (χ0) is 10.5. The van der Waals surface area contributed by atoms with Gasteiger partial charge < -0.3 is 10.1 Å². The Labute approximate surface area is 91.6 Å². The summed E-state index contributed by atoms with van der Waals surface area (Å²) in [5.74, 6) is 1.97. The predicted molar refractivity (Wildman–Crippen MR) is 62.3 cm³/mol. The molecule has 2 nitrogen and oxygen atoms in total. The highest BCUT2D eigenvalue weighted by atomic mass is 16.5. The van der Waals surface area contributed by atoms with E-state index in [0.717, 1.165) is 24.6 Å². The Morgan fingerprint density at radius 1 is 1.33 bits per heavy atom. The van der Waals surface area contributed by atoms with E-state index in [1.54, 1.807) is 7.11 Å². The zero-order valence-electron chi connectivity index (χ0n) is 9.33. The molecule has 0 amide bonds. The molecule has 1 aliphatic carbocycles. The summed E-state index contributed by atoms with van der Waals surface area (Å²) in [6, 6.07) is 8.24. The Kier molecular flexibility index (Phi) is 3.62. The van der Waals surface area contributed by atoms with Gasteiger partial charge in [0.2, 0.25) is 0 Å². The lowest BCUT2D eigenvalue weighted by Crippen LogP contribution is -2.19. The number of hydrogen-bond donors (Lipinski definition) is 1. The van der Waals surface area contributed by atoms with Crippen molar-refractivity contribution in [2.45, 2.75) is 19.3 Å². The molecule has 15 heavy (non-hydrogen) atoms. The molecule has 82 valence electrons. The summed E-state index contributed by atoms with van der Waals surface area (Å²) in [5, 5.41) is 3.49. The summed E-state index contributed by atoms with van der Waals surface area (Å²) in [6.45, 7) is 2.24. The van der Waals surface area contributed by atoms with Crippen LogP contribution in [0, 0.1) is 5.92 Å². The molecule has 0 spiro atoms. The largest absolute Gasteiger partial charge is 0.496 e. The first-order valence-corrected chi connectivity index (χ1v) is 5.73. The first-order chi connectivity index (χ1) is 7.40. The van der Waals surface area contributed by atoms with Crippen LogP contribution in [0.1, 0.15) is 18.4 Å². The van der Waals surface area contributed by atoms with E-state index in [2.05, 4.69) is 17.4 Å². The molecule has 0 aliphatic heterocycles. The highest BCUT2D eigenvalue weighted by Crippen LogP contribution is 2.27. The first kappa shape index (κ1) is 10.5. The molecule has 1 saturated carbocycles. The molecule has 0 aromatic heterocycles. The minimum Gasteiger partial charge on any atom is -0.496 e. The number of rotatable bonds is 6. The third kappa shape index (κ3) is 3.24. The molecule has 1 aliphatic rings. The summed E-state index contributed by atoms with van der Waals surface area (Å²) in [6.07, 6.45) is 3.89. The molecule has 0 saturated heterocycles. The molecular formula is C13H19NO. The Bertz CT molecular complexity index is 307. The smallest absolute Gasteiger partial charge is 0.122 e. The van der Waals surface area contributed by atoms with E-state index in [4.69, 9.17) is 4.74 Å². The average Bonchev–Trinajstić information content (AvgIpc) is 3.09. The van der Waals surface area contributed by atoms with Crippen molar-refractivity contribution in [1.82, 2.24) is 5.32 Å². The second kappa shape index (κ2) is 5.17. The SMILES string of the molecule is COc1ccccc1CCNCC1CC1. The van der Waals surface area contributed by atoms with Gasteiger partial charge in [-0.3, -0.25) is 0 Å². The summed E-state index contributed by atoms with van der Waals surface area (Å²) in [7, 11) is 1.73. The molecule has 0 atom stereocenters. The van der Waals surface area contributed by atoms with Crippen LogP contribution in [0.3, 0.4) is 0 Å². The molecule has 1 aromatic carbocycles. The van der Waals surface area contributed by atoms with E-state index in [-0.39, 0.29) is 0 Å². The van der Waals surface area contributed by atoms with Gasteiger partial charge in [0.25, 0.3) is 0 Å². The standard InChI is InChI=1S/C13H19NO/c1-15-13-5-3-2-4-12(13)8-9-14-10-11-6-7-11/h2-5,11,14H,6-10H2,1H3. The van der Waals surface area contributed by atoms with E-state index in [1.807, 2.05) is 12.1 Å². The van der Waals surface area contributed by atoms with E-state index < -0.39 is 0 Å². The van der Waals surface area contributed by atoms with Crippen LogP contribution in [0.4, 0.5) is 0 Å². The molecule has 0 heterocycles. The van der Waals surface area contributed by atoms with Crippen molar-refractivity contribution in [3.63, 3.8) is 0 Å². The Balaban J connectivity index is 1.75. The Morgan fingerprint density at radius 3 is 2.87 bits per heavy atom. The molecule has 0 unspecified atom stereocenters. The summed E-state index contributed by atoms with van der Waals surface area (Å²) in [5.41, 5.74) is 1.29. The normalized spacial score (nSPS) is 15.3. The topological polar surface area (TPSA) is 21.3 Å². The number of methoxy groups -OCH3 is 1. The fourth-order valence-corrected chi connectivity index (χ4v) is 1.76. The van der Waals surface area contributed by atoms with Crippen LogP contribution in [-0.4, -0.2) is 20.2 Å². The molecule has 2 heteroatoms. The maximum absolute atomic E-state index is 5.31. The van der Waals surface area contributed by atoms with Crippen LogP contribution < -0.4 is 10.1 Å². The van der Waals surface area contributed by atoms with Gasteiger partial charge in [0.05, 0.1) is 7.11 Å². The summed E-state index contributed by atoms with van der Waals surface area (Å²) >= 11 is 0. The van der Waals surface area contributed by atoms with Crippen molar-refractivity contribution in [3.8, 4) is 5.75 Å². The number of nitrogens with one attached hydrogen (secondary N) is 1. The van der Waals surface area contributed by atoms with E-state index >= 15 is 0 Å². The predicted octanol–water partition coefficient (Wildman–Crippen LogP) is 2.24. The molecule has 1 N–H and O–H groups in total. The van der Waals surface area contributed by atoms with Crippen LogP contribution in [-0.2, 0) is 6.42 Å². The minimum absolute atomic E-state index is 0.961. The van der Waals surface area contributed by atoms with Gasteiger partial charge in [-0.15, -0.1) is 0 Å². The molecule has 0 bridgehead atoms. The second-order valence-corrected chi connectivity index (χ2v) is 4.21. The zero-order valence-corrected chi connectivity index (χ0v) is 9.33. The van der Waals surface area contributed by atoms with Crippen molar-refractivity contribution >= 4 is 0 Å². The molecule has 2 rings (SSSR count). The lowest BCUT2D eigenvalue weighted by atomic mass is 10.1. The van der Waals surface area contributed by atoms with Gasteiger partial charge in [-0.2, -0.15) is 0 Å². The molecule has 0 radical (unpaired) electrons. The van der Waals surface area contributed by atoms with Crippen LogP contribution in [0.2, 0.25) is 0 Å². The van der Waals surface area contributed by atoms with Crippen molar-refractivity contribution in [3.05, 3.63) is 29.8 Å². The van der Waals surface area contributed by atoms with Crippen LogP contribution in [0.15, 0.2) is 24.3 Å². The Hall–Kier alpha value is -1.02. The van der Waals surface area contributed by atoms with Gasteiger partial charge >= 0.3 is 0 Å². The van der Waals surface area contributed by atoms with E-state index in [1.165, 1.54) is 24.9 Å². The highest BCUT2D eigenvalue weighted by Gasteiger charge is 2.19. The molecular weight excluding hydrogens is 186 g/mol. The van der Waals surface area contributed by atoms with Crippen LogP contribution in [0.25, 0.3) is 0 Å². The number of hydrogen-bond acceptors (Lipinski definition) is 2. The van der Waals surface area contributed by atoms with Gasteiger partial charge in [0, 0.05) is 0 Å². The van der Waals surface area contributed by atoms with Crippen molar-refractivity contribution in [2.75, 3.05) is 20.2 Å². The maximum atomic E-state index is 5.31. The third-order valence-electron chi connectivity index (χ3n) is 2.89. The summed E-state index contributed by atoms with van der Waals surface area (Å²) in [4.78, 5) is 0. The van der Waals surface area contributed by atoms with Crippen LogP contribution >= 0.6 is 0 Å². The molecule has 1 aromatic rings. The highest BCUT2D eigenvalue weighted by molar-refractivity contribution is 5.33. The van der Waals surface area contributed by atoms with Gasteiger partial charge in [-0.05, 0) is 49.9 Å². The Morgan fingerprint density at radius 2 is 2.13 bits per heavy atom. The fourth-order valence-electron chi connectivity index (χ4n) is 1.76. The van der Waals surface area contributed by atoms with Gasteiger partial charge in [-0.25, -0.2) is 0 Å². The molecule has 1 fully saturated rings. The average molecular weight is 205 g/mol. The van der Waals surface area contributed by atoms with Crippen molar-refractivity contribution in [2.24, 2.45) is 5.92 Å². The van der Waals surface area contributed by atoms with Gasteiger partial charge in [0.1, 0.15) is 5.75 Å².